The predicted molar refractivity (Wildman–Crippen MR) is 56.3 cm³/mol. The van der Waals surface area contributed by atoms with Crippen LogP contribution in [0.15, 0.2) is 18.3 Å². The molecule has 0 amide bonds. The Morgan fingerprint density at radius 2 is 2.00 bits per heavy atom. The van der Waals surface area contributed by atoms with Crippen molar-refractivity contribution in [1.29, 1.82) is 0 Å². The highest BCUT2D eigenvalue weighted by Crippen LogP contribution is 2.11. The molecule has 74 valence electrons. The van der Waals surface area contributed by atoms with E-state index < -0.39 is 0 Å². The number of aromatic nitrogens is 1. The molecule has 0 radical (unpaired) electrons. The first-order valence-corrected chi connectivity index (χ1v) is 4.39. The molecule has 0 saturated heterocycles. The van der Waals surface area contributed by atoms with Gasteiger partial charge in [0, 0.05) is 20.7 Å². The Balaban J connectivity index is 0.000000424. The van der Waals surface area contributed by atoms with E-state index in [0.29, 0.717) is 5.15 Å². The fourth-order valence-electron chi connectivity index (χ4n) is 0.633. The summed E-state index contributed by atoms with van der Waals surface area (Å²) in [6.07, 6.45) is 1.74. The van der Waals surface area contributed by atoms with E-state index in [1.807, 2.05) is 25.1 Å². The fourth-order valence-corrected chi connectivity index (χ4v) is 0.744. The zero-order valence-corrected chi connectivity index (χ0v) is 8.91. The Kier molecular flexibility index (Phi) is 6.28. The molecular formula is C9H15ClN2O. The van der Waals surface area contributed by atoms with Gasteiger partial charge in [0.15, 0.2) is 0 Å². The Labute approximate surface area is 84.0 Å². The third-order valence-corrected chi connectivity index (χ3v) is 1.45. The van der Waals surface area contributed by atoms with Crippen molar-refractivity contribution in [3.05, 3.63) is 23.5 Å². The summed E-state index contributed by atoms with van der Waals surface area (Å²) in [6, 6.07) is 3.70. The van der Waals surface area contributed by atoms with Gasteiger partial charge in [-0.3, -0.25) is 0 Å². The highest BCUT2D eigenvalue weighted by atomic mass is 35.5. The third-order valence-electron chi connectivity index (χ3n) is 1.23. The lowest BCUT2D eigenvalue weighted by atomic mass is 10.4. The van der Waals surface area contributed by atoms with Gasteiger partial charge in [0.1, 0.15) is 5.15 Å². The van der Waals surface area contributed by atoms with Gasteiger partial charge in [-0.15, -0.1) is 0 Å². The van der Waals surface area contributed by atoms with E-state index >= 15 is 0 Å². The maximum atomic E-state index is 7.57. The lowest BCUT2D eigenvalue weighted by molar-refractivity contribution is 0.318. The zero-order chi connectivity index (χ0) is 10.3. The Bertz CT molecular complexity index is 224. The number of halogens is 1. The van der Waals surface area contributed by atoms with Gasteiger partial charge < -0.3 is 10.0 Å². The molecule has 0 aromatic carbocycles. The van der Waals surface area contributed by atoms with E-state index in [2.05, 4.69) is 4.98 Å². The molecule has 0 aliphatic rings. The van der Waals surface area contributed by atoms with E-state index in [9.17, 15) is 0 Å². The van der Waals surface area contributed by atoms with Crippen LogP contribution in [0.3, 0.4) is 0 Å². The van der Waals surface area contributed by atoms with E-state index in [1.165, 1.54) is 0 Å². The van der Waals surface area contributed by atoms with Crippen LogP contribution in [0.4, 0.5) is 5.69 Å². The molecule has 1 aromatic heterocycles. The largest absolute Gasteiger partial charge is 0.397 e. The number of hydrogen-bond donors (Lipinski definition) is 1. The molecule has 4 heteroatoms. The second kappa shape index (κ2) is 6.69. The summed E-state index contributed by atoms with van der Waals surface area (Å²) in [7, 11) is 3.93. The van der Waals surface area contributed by atoms with Gasteiger partial charge in [0.05, 0.1) is 11.9 Å². The van der Waals surface area contributed by atoms with Crippen LogP contribution in [0, 0.1) is 0 Å². The van der Waals surface area contributed by atoms with Crippen LogP contribution in [0.1, 0.15) is 6.92 Å². The Hall–Kier alpha value is -0.800. The summed E-state index contributed by atoms with van der Waals surface area (Å²) < 4.78 is 0. The standard InChI is InChI=1S/C7H9ClN2.C2H6O/c1-10(2)6-3-4-7(8)9-5-6;1-2-3/h3-5H,1-2H3;3H,2H2,1H3. The van der Waals surface area contributed by atoms with Crippen LogP contribution < -0.4 is 4.90 Å². The van der Waals surface area contributed by atoms with Gasteiger partial charge in [-0.25, -0.2) is 4.98 Å². The van der Waals surface area contributed by atoms with Gasteiger partial charge in [-0.05, 0) is 19.1 Å². The molecular weight excluding hydrogens is 188 g/mol. The third kappa shape index (κ3) is 5.44. The van der Waals surface area contributed by atoms with E-state index in [1.54, 1.807) is 19.2 Å². The highest BCUT2D eigenvalue weighted by molar-refractivity contribution is 6.29. The van der Waals surface area contributed by atoms with Crippen molar-refractivity contribution >= 4 is 17.3 Å². The van der Waals surface area contributed by atoms with Gasteiger partial charge in [0.25, 0.3) is 0 Å². The first kappa shape index (κ1) is 12.2. The molecule has 0 spiro atoms. The molecule has 1 rings (SSSR count). The van der Waals surface area contributed by atoms with Crippen LogP contribution >= 0.6 is 11.6 Å². The molecule has 13 heavy (non-hydrogen) atoms. The number of pyridine rings is 1. The minimum absolute atomic E-state index is 0.250. The van der Waals surface area contributed by atoms with E-state index in [4.69, 9.17) is 16.7 Å². The molecule has 0 fully saturated rings. The number of rotatable bonds is 1. The summed E-state index contributed by atoms with van der Waals surface area (Å²) in [4.78, 5) is 5.90. The molecule has 0 saturated carbocycles. The average Bonchev–Trinajstić information content (AvgIpc) is 2.06. The molecule has 1 aromatic rings. The van der Waals surface area contributed by atoms with Crippen molar-refractivity contribution in [2.24, 2.45) is 0 Å². The molecule has 0 atom stereocenters. The number of anilines is 1. The summed E-state index contributed by atoms with van der Waals surface area (Å²) >= 11 is 5.59. The van der Waals surface area contributed by atoms with Gasteiger partial charge in [-0.2, -0.15) is 0 Å². The quantitative estimate of drug-likeness (QED) is 0.706. The van der Waals surface area contributed by atoms with Crippen molar-refractivity contribution in [3.8, 4) is 0 Å². The fraction of sp³-hybridized carbons (Fsp3) is 0.444. The first-order chi connectivity index (χ1) is 6.11. The summed E-state index contributed by atoms with van der Waals surface area (Å²) in [6.45, 7) is 1.93. The number of aliphatic hydroxyl groups excluding tert-OH is 1. The smallest absolute Gasteiger partial charge is 0.129 e. The second-order valence-corrected chi connectivity index (χ2v) is 2.94. The molecule has 1 heterocycles. The maximum absolute atomic E-state index is 7.57. The van der Waals surface area contributed by atoms with Crippen molar-refractivity contribution in [2.75, 3.05) is 25.6 Å². The van der Waals surface area contributed by atoms with Crippen molar-refractivity contribution in [2.45, 2.75) is 6.92 Å². The van der Waals surface area contributed by atoms with Gasteiger partial charge in [0.2, 0.25) is 0 Å². The van der Waals surface area contributed by atoms with E-state index in [-0.39, 0.29) is 6.61 Å². The van der Waals surface area contributed by atoms with Crippen LogP contribution in [-0.4, -0.2) is 30.8 Å². The molecule has 0 bridgehead atoms. The molecule has 0 aliphatic carbocycles. The topological polar surface area (TPSA) is 36.4 Å². The average molecular weight is 203 g/mol. The number of hydrogen-bond acceptors (Lipinski definition) is 3. The highest BCUT2D eigenvalue weighted by Gasteiger charge is 1.93. The Morgan fingerprint density at radius 3 is 2.31 bits per heavy atom. The summed E-state index contributed by atoms with van der Waals surface area (Å²) in [5, 5.41) is 8.10. The first-order valence-electron chi connectivity index (χ1n) is 4.01. The lowest BCUT2D eigenvalue weighted by Crippen LogP contribution is -2.08. The summed E-state index contributed by atoms with van der Waals surface area (Å²) in [5.41, 5.74) is 1.06. The van der Waals surface area contributed by atoms with Crippen LogP contribution in [0.25, 0.3) is 0 Å². The van der Waals surface area contributed by atoms with Crippen molar-refractivity contribution < 1.29 is 5.11 Å². The van der Waals surface area contributed by atoms with Crippen molar-refractivity contribution in [3.63, 3.8) is 0 Å². The summed E-state index contributed by atoms with van der Waals surface area (Å²) in [5.74, 6) is 0. The monoisotopic (exact) mass is 202 g/mol. The van der Waals surface area contributed by atoms with Crippen LogP contribution in [0.2, 0.25) is 5.15 Å². The molecule has 1 N–H and O–H groups in total. The van der Waals surface area contributed by atoms with Crippen LogP contribution in [-0.2, 0) is 0 Å². The normalized spacial score (nSPS) is 8.69. The molecule has 3 nitrogen and oxygen atoms in total. The number of aliphatic hydroxyl groups is 1. The van der Waals surface area contributed by atoms with Gasteiger partial charge >= 0.3 is 0 Å². The lowest BCUT2D eigenvalue weighted by Gasteiger charge is -2.10. The van der Waals surface area contributed by atoms with Crippen molar-refractivity contribution in [1.82, 2.24) is 4.98 Å². The maximum Gasteiger partial charge on any atom is 0.129 e. The Morgan fingerprint density at radius 1 is 1.46 bits per heavy atom. The zero-order valence-electron chi connectivity index (χ0n) is 8.16. The molecule has 0 unspecified atom stereocenters. The van der Waals surface area contributed by atoms with Crippen LogP contribution in [0.5, 0.6) is 0 Å². The molecule has 0 aliphatic heterocycles. The minimum Gasteiger partial charge on any atom is -0.397 e. The number of nitrogens with zero attached hydrogens (tertiary/aromatic N) is 2. The minimum atomic E-state index is 0.250. The van der Waals surface area contributed by atoms with Gasteiger partial charge in [-0.1, -0.05) is 11.6 Å². The second-order valence-electron chi connectivity index (χ2n) is 2.55. The van der Waals surface area contributed by atoms with E-state index in [0.717, 1.165) is 5.69 Å². The SMILES string of the molecule is CCO.CN(C)c1ccc(Cl)nc1. The predicted octanol–water partition coefficient (Wildman–Crippen LogP) is 1.80.